The topological polar surface area (TPSA) is 107 Å². The number of anilines is 3. The molecule has 3 N–H and O–H groups in total. The highest BCUT2D eigenvalue weighted by atomic mass is 79.9. The van der Waals surface area contributed by atoms with Crippen LogP contribution in [-0.4, -0.2) is 20.6 Å². The number of hydrogen-bond donors (Lipinski definition) is 3. The molecule has 0 unspecified atom stereocenters. The molecular formula is C27H19BrClN7O. The number of aromatic nitrogens is 3. The van der Waals surface area contributed by atoms with Gasteiger partial charge in [0.1, 0.15) is 5.82 Å². The zero-order valence-corrected chi connectivity index (χ0v) is 21.6. The summed E-state index contributed by atoms with van der Waals surface area (Å²) >= 11 is 9.94. The number of nitrogens with one attached hydrogen (secondary N) is 3. The normalized spacial score (nSPS) is 10.6. The minimum Gasteiger partial charge on any atom is -0.366 e. The molecular weight excluding hydrogens is 554 g/mol. The molecule has 0 saturated heterocycles. The van der Waals surface area contributed by atoms with Gasteiger partial charge in [-0.3, -0.25) is 0 Å². The van der Waals surface area contributed by atoms with Crippen molar-refractivity contribution in [2.24, 2.45) is 0 Å². The van der Waals surface area contributed by atoms with E-state index in [4.69, 9.17) is 21.8 Å². The van der Waals surface area contributed by atoms with Gasteiger partial charge in [-0.25, -0.2) is 9.78 Å². The molecule has 8 nitrogen and oxygen atoms in total. The van der Waals surface area contributed by atoms with E-state index in [-0.39, 0.29) is 6.03 Å². The summed E-state index contributed by atoms with van der Waals surface area (Å²) in [5.41, 5.74) is 4.92. The number of fused-ring (bicyclic) bond motifs is 1. The third kappa shape index (κ3) is 5.56. The van der Waals surface area contributed by atoms with Gasteiger partial charge in [0.05, 0.1) is 28.0 Å². The predicted octanol–water partition coefficient (Wildman–Crippen LogP) is 6.94. The Hall–Kier alpha value is -4.39. The van der Waals surface area contributed by atoms with Crippen LogP contribution in [0.1, 0.15) is 11.1 Å². The predicted molar refractivity (Wildman–Crippen MR) is 149 cm³/mol. The lowest BCUT2D eigenvalue weighted by Crippen LogP contribution is -2.19. The minimum absolute atomic E-state index is 0.378. The molecule has 2 amide bonds. The van der Waals surface area contributed by atoms with E-state index in [1.54, 1.807) is 35.0 Å². The van der Waals surface area contributed by atoms with Crippen LogP contribution in [0.25, 0.3) is 16.9 Å². The maximum Gasteiger partial charge on any atom is 0.323 e. The molecule has 10 heteroatoms. The molecule has 0 aliphatic carbocycles. The summed E-state index contributed by atoms with van der Waals surface area (Å²) in [6, 6.07) is 25.3. The first kappa shape index (κ1) is 24.3. The lowest BCUT2D eigenvalue weighted by Gasteiger charge is -2.13. The van der Waals surface area contributed by atoms with E-state index >= 15 is 0 Å². The van der Waals surface area contributed by atoms with E-state index < -0.39 is 0 Å². The molecule has 2 aromatic heterocycles. The van der Waals surface area contributed by atoms with Gasteiger partial charge in [-0.05, 0) is 64.0 Å². The lowest BCUT2D eigenvalue weighted by atomic mass is 10.1. The van der Waals surface area contributed by atoms with E-state index in [1.165, 1.54) is 0 Å². The van der Waals surface area contributed by atoms with Crippen molar-refractivity contribution < 1.29 is 4.79 Å². The molecule has 2 heterocycles. The maximum atomic E-state index is 12.4. The van der Waals surface area contributed by atoms with E-state index in [1.807, 2.05) is 54.6 Å². The summed E-state index contributed by atoms with van der Waals surface area (Å²) in [6.45, 7) is 0.477. The Morgan fingerprint density at radius 3 is 2.57 bits per heavy atom. The molecule has 0 atom stereocenters. The SMILES string of the molecule is N#Cc1ccc(NC(=O)Nc2cccc(CNc3cc(-c4ccccc4Cl)nc4c(Br)cnn34)c2)cc1. The van der Waals surface area contributed by atoms with Gasteiger partial charge < -0.3 is 16.0 Å². The number of hydrogen-bond acceptors (Lipinski definition) is 5. The van der Waals surface area contributed by atoms with Crippen LogP contribution in [-0.2, 0) is 6.54 Å². The Labute approximate surface area is 226 Å². The molecule has 0 saturated carbocycles. The molecule has 37 heavy (non-hydrogen) atoms. The van der Waals surface area contributed by atoms with E-state index in [0.29, 0.717) is 34.2 Å². The van der Waals surface area contributed by atoms with Gasteiger partial charge in [0.25, 0.3) is 0 Å². The molecule has 0 radical (unpaired) electrons. The highest BCUT2D eigenvalue weighted by Gasteiger charge is 2.13. The quantitative estimate of drug-likeness (QED) is 0.204. The van der Waals surface area contributed by atoms with Crippen LogP contribution in [0.5, 0.6) is 0 Å². The summed E-state index contributed by atoms with van der Waals surface area (Å²) < 4.78 is 2.49. The second kappa shape index (κ2) is 10.7. The van der Waals surface area contributed by atoms with Crippen LogP contribution in [0.3, 0.4) is 0 Å². The summed E-state index contributed by atoms with van der Waals surface area (Å²) in [5, 5.41) is 23.0. The zero-order valence-electron chi connectivity index (χ0n) is 19.2. The molecule has 5 rings (SSSR count). The average Bonchev–Trinajstić information content (AvgIpc) is 3.29. The number of rotatable bonds is 6. The fourth-order valence-corrected chi connectivity index (χ4v) is 4.32. The monoisotopic (exact) mass is 571 g/mol. The van der Waals surface area contributed by atoms with Crippen molar-refractivity contribution >= 4 is 56.4 Å². The number of amides is 2. The molecule has 0 spiro atoms. The molecule has 182 valence electrons. The number of carbonyl (C=O) groups excluding carboxylic acids is 1. The molecule has 0 fully saturated rings. The highest BCUT2D eigenvalue weighted by molar-refractivity contribution is 9.10. The van der Waals surface area contributed by atoms with Gasteiger partial charge in [-0.15, -0.1) is 0 Å². The zero-order chi connectivity index (χ0) is 25.8. The molecule has 0 aliphatic heterocycles. The average molecular weight is 573 g/mol. The fraction of sp³-hybridized carbons (Fsp3) is 0.0370. The van der Waals surface area contributed by atoms with Crippen LogP contribution < -0.4 is 16.0 Å². The van der Waals surface area contributed by atoms with Gasteiger partial charge in [0.15, 0.2) is 5.65 Å². The van der Waals surface area contributed by atoms with Gasteiger partial charge in [0, 0.05) is 34.6 Å². The van der Waals surface area contributed by atoms with Crippen molar-refractivity contribution in [3.8, 4) is 17.3 Å². The Balaban J connectivity index is 1.32. The molecule has 5 aromatic rings. The Kier molecular flexibility index (Phi) is 7.03. The molecule has 3 aromatic carbocycles. The lowest BCUT2D eigenvalue weighted by molar-refractivity contribution is 0.262. The van der Waals surface area contributed by atoms with E-state index in [0.717, 1.165) is 27.1 Å². The van der Waals surface area contributed by atoms with Crippen LogP contribution >= 0.6 is 27.5 Å². The first-order valence-electron chi connectivity index (χ1n) is 11.2. The number of carbonyl (C=O) groups is 1. The first-order valence-corrected chi connectivity index (χ1v) is 12.4. The third-order valence-electron chi connectivity index (χ3n) is 5.51. The number of nitriles is 1. The maximum absolute atomic E-state index is 12.4. The summed E-state index contributed by atoms with van der Waals surface area (Å²) in [7, 11) is 0. The van der Waals surface area contributed by atoms with Crippen molar-refractivity contribution in [3.63, 3.8) is 0 Å². The summed E-state index contributed by atoms with van der Waals surface area (Å²) in [6.07, 6.45) is 1.70. The van der Waals surface area contributed by atoms with E-state index in [2.05, 4.69) is 43.0 Å². The largest absolute Gasteiger partial charge is 0.366 e. The van der Waals surface area contributed by atoms with Crippen LogP contribution in [0, 0.1) is 11.3 Å². The van der Waals surface area contributed by atoms with Crippen molar-refractivity contribution in [3.05, 3.63) is 106 Å². The van der Waals surface area contributed by atoms with Crippen LogP contribution in [0.4, 0.5) is 22.0 Å². The van der Waals surface area contributed by atoms with Crippen molar-refractivity contribution in [2.45, 2.75) is 6.54 Å². The Bertz CT molecular complexity index is 1640. The van der Waals surface area contributed by atoms with Gasteiger partial charge >= 0.3 is 6.03 Å². The van der Waals surface area contributed by atoms with Crippen molar-refractivity contribution in [1.29, 1.82) is 5.26 Å². The van der Waals surface area contributed by atoms with E-state index in [9.17, 15) is 4.79 Å². The molecule has 0 aliphatic rings. The van der Waals surface area contributed by atoms with Crippen molar-refractivity contribution in [2.75, 3.05) is 16.0 Å². The molecule has 0 bridgehead atoms. The van der Waals surface area contributed by atoms with Crippen LogP contribution in [0.15, 0.2) is 89.5 Å². The van der Waals surface area contributed by atoms with Gasteiger partial charge in [0.2, 0.25) is 0 Å². The minimum atomic E-state index is -0.378. The Morgan fingerprint density at radius 1 is 1.00 bits per heavy atom. The summed E-state index contributed by atoms with van der Waals surface area (Å²) in [5.74, 6) is 0.738. The second-order valence-corrected chi connectivity index (χ2v) is 9.32. The summed E-state index contributed by atoms with van der Waals surface area (Å²) in [4.78, 5) is 17.2. The number of halogens is 2. The van der Waals surface area contributed by atoms with Crippen LogP contribution in [0.2, 0.25) is 5.02 Å². The standard InChI is InChI=1S/C27H19BrClN7O/c28-22-16-32-36-25(13-24(35-26(22)36)21-6-1-2-7-23(21)29)31-15-18-4-3-5-20(12-18)34-27(37)33-19-10-8-17(14-30)9-11-19/h1-13,16,31H,15H2,(H2,33,34,37). The number of benzene rings is 3. The Morgan fingerprint density at radius 2 is 1.78 bits per heavy atom. The number of nitrogens with zero attached hydrogens (tertiary/aromatic N) is 4. The highest BCUT2D eigenvalue weighted by Crippen LogP contribution is 2.30. The number of urea groups is 1. The third-order valence-corrected chi connectivity index (χ3v) is 6.40. The van der Waals surface area contributed by atoms with Gasteiger partial charge in [-0.1, -0.05) is 41.9 Å². The smallest absolute Gasteiger partial charge is 0.323 e. The first-order chi connectivity index (χ1) is 18.0. The second-order valence-electron chi connectivity index (χ2n) is 8.06. The fourth-order valence-electron chi connectivity index (χ4n) is 3.74. The van der Waals surface area contributed by atoms with Crippen molar-refractivity contribution in [1.82, 2.24) is 14.6 Å². The van der Waals surface area contributed by atoms with Gasteiger partial charge in [-0.2, -0.15) is 14.9 Å².